The second-order valence-electron chi connectivity index (χ2n) is 33.4. The van der Waals surface area contributed by atoms with Crippen LogP contribution in [0.1, 0.15) is 210 Å². The normalized spacial score (nSPS) is 36.0. The summed E-state index contributed by atoms with van der Waals surface area (Å²) in [7, 11) is 10.1. The van der Waals surface area contributed by atoms with Gasteiger partial charge >= 0.3 is 23.9 Å². The SMILES string of the molecule is COC[C@H]1OC(=O)/C(=C/N(C)CCCN(C)C)C2=C(O)C(=O)C3=C([C@H](OC(=O)CCCCCCC(=O)O[C@@H]4/C(C)=C/[C@@H](C)C(=O)C[C@@H]([C@@H](C)CC5CCC(O)CC5)OC(=O)[C@@H]5CCCCN5C(=O)C(=O)[C@]5(O)O[C@@H](CC[C@H]5C)C[C@H](OC)/C(C)=C/C=C/C=C/[C@@H](C)C[C@@H](C)C(=O)[C@@H]4OC)C[C@]4(C)C(=O)CC[C@@H]34)[C@]21C. The molecule has 0 unspecified atom stereocenters. The first-order valence-electron chi connectivity index (χ1n) is 40.0. The van der Waals surface area contributed by atoms with Crippen LogP contribution < -0.4 is 0 Å². The lowest BCUT2D eigenvalue weighted by Gasteiger charge is -2.53. The minimum absolute atomic E-state index is 0.0102. The molecule has 17 atom stereocenters. The van der Waals surface area contributed by atoms with E-state index in [0.29, 0.717) is 101 Å². The van der Waals surface area contributed by atoms with E-state index < -0.39 is 142 Å². The number of ether oxygens (including phenoxy) is 8. The third kappa shape index (κ3) is 20.9. The molecule has 8 rings (SSSR count). The van der Waals surface area contributed by atoms with E-state index in [2.05, 4.69) is 0 Å². The maximum atomic E-state index is 14.8. The smallest absolute Gasteiger partial charge is 0.340 e. The Balaban J connectivity index is 1.00. The number of aliphatic hydroxyl groups is 3. The minimum atomic E-state index is -2.49. The number of allylic oxidation sites excluding steroid dienone is 7. The lowest BCUT2D eigenvalue weighted by molar-refractivity contribution is -0.265. The third-order valence-electron chi connectivity index (χ3n) is 24.7. The van der Waals surface area contributed by atoms with Gasteiger partial charge in [0.25, 0.3) is 11.7 Å². The molecular formula is C85H125N3O21. The summed E-state index contributed by atoms with van der Waals surface area (Å²) < 4.78 is 49.0. The van der Waals surface area contributed by atoms with Crippen molar-refractivity contribution in [1.82, 2.24) is 14.7 Å². The number of piperidine rings is 1. The molecule has 1 amide bonds. The van der Waals surface area contributed by atoms with Gasteiger partial charge in [-0.15, -0.1) is 0 Å². The number of aliphatic hydroxyl groups excluding tert-OH is 2. The number of unbranched alkanes of at least 4 members (excludes halogenated alkanes) is 3. The fraction of sp³-hybridized carbons (Fsp3) is 0.718. The van der Waals surface area contributed by atoms with E-state index in [1.165, 1.54) is 19.1 Å². The number of methoxy groups -OCH3 is 3. The number of cyclic esters (lactones) is 2. The van der Waals surface area contributed by atoms with Crippen LogP contribution in [0.2, 0.25) is 0 Å². The van der Waals surface area contributed by atoms with Gasteiger partial charge in [-0.2, -0.15) is 0 Å². The van der Waals surface area contributed by atoms with Crippen LogP contribution in [0, 0.1) is 52.3 Å². The molecule has 606 valence electrons. The summed E-state index contributed by atoms with van der Waals surface area (Å²) >= 11 is 0. The molecule has 24 heteroatoms. The van der Waals surface area contributed by atoms with Crippen LogP contribution in [0.3, 0.4) is 0 Å². The van der Waals surface area contributed by atoms with Crippen LogP contribution in [-0.4, -0.2) is 218 Å². The molecular weight excluding hydrogens is 1400 g/mol. The first-order valence-corrected chi connectivity index (χ1v) is 40.0. The molecule has 4 aliphatic heterocycles. The summed E-state index contributed by atoms with van der Waals surface area (Å²) in [6.07, 6.45) is 13.8. The van der Waals surface area contributed by atoms with Gasteiger partial charge in [-0.05, 0) is 172 Å². The molecule has 0 radical (unpaired) electrons. The Hall–Kier alpha value is -6.80. The van der Waals surface area contributed by atoms with Gasteiger partial charge in [0.15, 0.2) is 23.8 Å². The number of hydrogen-bond donors (Lipinski definition) is 3. The Labute approximate surface area is 645 Å². The zero-order valence-corrected chi connectivity index (χ0v) is 67.4. The fourth-order valence-corrected chi connectivity index (χ4v) is 18.1. The van der Waals surface area contributed by atoms with Crippen molar-refractivity contribution in [1.29, 1.82) is 0 Å². The molecule has 0 spiro atoms. The molecule has 2 bridgehead atoms. The lowest BCUT2D eigenvalue weighted by atomic mass is 9.53. The molecule has 24 nitrogen and oxygen atoms in total. The van der Waals surface area contributed by atoms with E-state index in [9.17, 15) is 63.3 Å². The number of hydrogen-bond acceptors (Lipinski definition) is 23. The molecule has 4 aliphatic carbocycles. The van der Waals surface area contributed by atoms with Gasteiger partial charge in [0.2, 0.25) is 11.6 Å². The standard InChI is InChI=1S/C85H125N3O21/c1-50-26-19-18-20-27-51(2)64(103-14)45-59-36-31-56(7)85(101,109-59)79(97)80(98)88-41-24-23-28-62(88)82(100)106-65(53(4)44-57-32-34-58(89)35-33-57)46-63(90)52(3)43-55(6)77(78(104-15)74(94)54(5)42-50)108-70(93)30-22-17-16-21-29-69(92)105-66-47-83(8)61(37-38-67(83)91)71-73(66)84(9)68(49-102-13)107-81(99)60(72(84)76(96)75(71)95)48-87(12)40-25-39-86(10)11/h18-20,26-27,43,48,50,52-54,56-59,61-62,64-66,68,77-78,89,96,101H,16-17,21-25,28-42,44-47,49H2,1-15H3/b20-18+,26-19+,51-27+,55-43+,60-48+/t50-,52-,53+,54-,56-,57?,58?,59+,61+,62+,64+,65+,66-,68-,77-,78+,83+,84+,85-/m1/s1. The molecule has 3 saturated heterocycles. The summed E-state index contributed by atoms with van der Waals surface area (Å²) in [5, 5.41) is 34.7. The van der Waals surface area contributed by atoms with Gasteiger partial charge in [-0.1, -0.05) is 90.8 Å². The number of amides is 1. The maximum Gasteiger partial charge on any atom is 0.340 e. The largest absolute Gasteiger partial charge is 0.504 e. The van der Waals surface area contributed by atoms with Gasteiger partial charge in [0.05, 0.1) is 35.9 Å². The molecule has 3 N–H and O–H groups in total. The molecule has 0 aromatic heterocycles. The van der Waals surface area contributed by atoms with Crippen molar-refractivity contribution < 1.29 is 101 Å². The second kappa shape index (κ2) is 39.1. The van der Waals surface area contributed by atoms with Crippen LogP contribution in [0.4, 0.5) is 0 Å². The Kier molecular flexibility index (Phi) is 31.5. The van der Waals surface area contributed by atoms with E-state index in [-0.39, 0.29) is 110 Å². The van der Waals surface area contributed by atoms with Crippen molar-refractivity contribution in [2.45, 2.75) is 271 Å². The Bertz CT molecular complexity index is 3540. The van der Waals surface area contributed by atoms with Crippen LogP contribution in [-0.2, 0) is 85.8 Å². The molecule has 2 saturated carbocycles. The molecule has 0 aromatic carbocycles. The van der Waals surface area contributed by atoms with Crippen molar-refractivity contribution in [3.8, 4) is 0 Å². The Morgan fingerprint density at radius 2 is 1.46 bits per heavy atom. The number of ketones is 5. The Morgan fingerprint density at radius 1 is 0.771 bits per heavy atom. The highest BCUT2D eigenvalue weighted by molar-refractivity contribution is 6.39. The van der Waals surface area contributed by atoms with E-state index in [1.54, 1.807) is 68.0 Å². The number of esters is 4. The Morgan fingerprint density at radius 3 is 2.12 bits per heavy atom. The highest BCUT2D eigenvalue weighted by atomic mass is 16.6. The molecule has 0 aromatic rings. The average molecular weight is 1520 g/mol. The van der Waals surface area contributed by atoms with Gasteiger partial charge in [-0.25, -0.2) is 9.59 Å². The van der Waals surface area contributed by atoms with Crippen molar-refractivity contribution in [2.75, 3.05) is 68.7 Å². The topological polar surface area (TPSA) is 315 Å². The first-order chi connectivity index (χ1) is 51.6. The predicted molar refractivity (Wildman–Crippen MR) is 406 cm³/mol. The highest BCUT2D eigenvalue weighted by Gasteiger charge is 2.65. The van der Waals surface area contributed by atoms with Gasteiger partial charge < -0.3 is 67.9 Å². The summed E-state index contributed by atoms with van der Waals surface area (Å²) in [5.74, 6) is -12.8. The summed E-state index contributed by atoms with van der Waals surface area (Å²) in [4.78, 5) is 150. The van der Waals surface area contributed by atoms with Crippen molar-refractivity contribution in [2.24, 2.45) is 52.3 Å². The van der Waals surface area contributed by atoms with E-state index in [0.717, 1.165) is 31.4 Å². The predicted octanol–water partition coefficient (Wildman–Crippen LogP) is 10.8. The lowest BCUT2D eigenvalue weighted by Crippen LogP contribution is -2.61. The molecule has 109 heavy (non-hydrogen) atoms. The number of Topliss-reactive ketones (excluding diaryl/α,β-unsaturated/α-hetero) is 5. The fourth-order valence-electron chi connectivity index (χ4n) is 18.1. The van der Waals surface area contributed by atoms with Crippen LogP contribution in [0.25, 0.3) is 0 Å². The van der Waals surface area contributed by atoms with Gasteiger partial charge in [-0.3, -0.25) is 38.4 Å². The van der Waals surface area contributed by atoms with E-state index >= 15 is 0 Å². The molecule has 8 aliphatic rings. The van der Waals surface area contributed by atoms with E-state index in [4.69, 9.17) is 37.9 Å². The summed E-state index contributed by atoms with van der Waals surface area (Å²) in [6.45, 7) is 17.3. The number of carbonyl (C=O) groups excluding carboxylic acids is 10. The molecule has 4 heterocycles. The third-order valence-corrected chi connectivity index (χ3v) is 24.7. The van der Waals surface area contributed by atoms with Crippen LogP contribution in [0.15, 0.2) is 81.9 Å². The maximum absolute atomic E-state index is 14.8. The first kappa shape index (κ1) is 87.8. The number of nitrogens with zero attached hydrogens (tertiary/aromatic N) is 3. The second-order valence-corrected chi connectivity index (χ2v) is 33.4. The number of rotatable bonds is 21. The molecule has 5 fully saturated rings. The number of fused-ring (bicyclic) bond motifs is 7. The van der Waals surface area contributed by atoms with Crippen LogP contribution >= 0.6 is 0 Å². The minimum Gasteiger partial charge on any atom is -0.504 e. The summed E-state index contributed by atoms with van der Waals surface area (Å²) in [5.41, 5.74) is -0.713. The van der Waals surface area contributed by atoms with Crippen molar-refractivity contribution in [3.05, 3.63) is 81.9 Å². The van der Waals surface area contributed by atoms with E-state index in [1.807, 2.05) is 75.0 Å². The van der Waals surface area contributed by atoms with Gasteiger partial charge in [0.1, 0.15) is 35.9 Å². The van der Waals surface area contributed by atoms with Gasteiger partial charge in [0, 0.05) is 126 Å². The van der Waals surface area contributed by atoms with Crippen molar-refractivity contribution >= 4 is 58.7 Å². The quantitative estimate of drug-likeness (QED) is 0.0240. The average Bonchev–Trinajstić information content (AvgIpc) is 1.66. The highest BCUT2D eigenvalue weighted by Crippen LogP contribution is 2.62. The monoisotopic (exact) mass is 1520 g/mol. The number of carbonyl (C=O) groups is 10. The van der Waals surface area contributed by atoms with Crippen LogP contribution in [0.5, 0.6) is 0 Å². The summed E-state index contributed by atoms with van der Waals surface area (Å²) in [6, 6.07) is -1.21. The zero-order valence-electron chi connectivity index (χ0n) is 67.4. The zero-order chi connectivity index (χ0) is 80.0. The van der Waals surface area contributed by atoms with Crippen molar-refractivity contribution in [3.63, 3.8) is 0 Å².